The molecule has 0 atom stereocenters. The Morgan fingerprint density at radius 2 is 2.04 bits per heavy atom. The molecule has 0 bridgehead atoms. The van der Waals surface area contributed by atoms with Gasteiger partial charge in [-0.25, -0.2) is 0 Å². The number of anilines is 1. The molecule has 1 amide bonds. The van der Waals surface area contributed by atoms with E-state index < -0.39 is 0 Å². The summed E-state index contributed by atoms with van der Waals surface area (Å²) in [6.45, 7) is 2.32. The number of ether oxygens (including phenoxy) is 1. The zero-order valence-electron chi connectivity index (χ0n) is 14.7. The molecule has 7 nitrogen and oxygen atoms in total. The quantitative estimate of drug-likeness (QED) is 0.328. The van der Waals surface area contributed by atoms with Gasteiger partial charge in [0.15, 0.2) is 5.96 Å². The van der Waals surface area contributed by atoms with Gasteiger partial charge in [-0.1, -0.05) is 18.2 Å². The topological polar surface area (TPSA) is 121 Å². The standard InChI is InChI=1S/C19H21N5O2/c1-11-6-7-16(26-10-12-4-3-5-13(20)8-12)17-14(11)9-15(23-17)18(25)24(2)19(21)22/h3-9,23H,10,20H2,1-2H3,(H3,21,22). The smallest absolute Gasteiger partial charge is 0.276 e. The highest BCUT2D eigenvalue weighted by molar-refractivity contribution is 6.06. The van der Waals surface area contributed by atoms with E-state index in [4.69, 9.17) is 21.6 Å². The molecule has 0 unspecified atom stereocenters. The Labute approximate surface area is 151 Å². The van der Waals surface area contributed by atoms with Gasteiger partial charge in [-0.15, -0.1) is 0 Å². The summed E-state index contributed by atoms with van der Waals surface area (Å²) >= 11 is 0. The molecule has 134 valence electrons. The van der Waals surface area contributed by atoms with Gasteiger partial charge in [-0.05, 0) is 42.3 Å². The van der Waals surface area contributed by atoms with Crippen LogP contribution in [-0.2, 0) is 6.61 Å². The predicted octanol–water partition coefficient (Wildman–Crippen LogP) is 2.60. The number of aromatic nitrogens is 1. The molecular formula is C19H21N5O2. The van der Waals surface area contributed by atoms with Crippen molar-refractivity contribution >= 4 is 28.5 Å². The number of nitrogens with zero attached hydrogens (tertiary/aromatic N) is 1. The summed E-state index contributed by atoms with van der Waals surface area (Å²) in [5.74, 6) is -0.0593. The molecule has 0 radical (unpaired) electrons. The van der Waals surface area contributed by atoms with Crippen LogP contribution in [0, 0.1) is 12.3 Å². The Hall–Kier alpha value is -3.48. The minimum Gasteiger partial charge on any atom is -0.487 e. The second kappa shape index (κ2) is 6.79. The largest absolute Gasteiger partial charge is 0.487 e. The van der Waals surface area contributed by atoms with E-state index in [0.29, 0.717) is 23.7 Å². The fourth-order valence-corrected chi connectivity index (χ4v) is 2.70. The SMILES string of the molecule is Cc1ccc(OCc2cccc(N)c2)c2[nH]c(C(=O)N(C)C(=N)N)cc12. The Kier molecular flexibility index (Phi) is 4.53. The lowest BCUT2D eigenvalue weighted by Gasteiger charge is -2.12. The van der Waals surface area contributed by atoms with E-state index in [0.717, 1.165) is 26.9 Å². The summed E-state index contributed by atoms with van der Waals surface area (Å²) in [7, 11) is 1.46. The molecule has 3 rings (SSSR count). The van der Waals surface area contributed by atoms with E-state index in [2.05, 4.69) is 4.98 Å². The van der Waals surface area contributed by atoms with Gasteiger partial charge in [0, 0.05) is 18.1 Å². The van der Waals surface area contributed by atoms with E-state index >= 15 is 0 Å². The summed E-state index contributed by atoms with van der Waals surface area (Å²) in [6.07, 6.45) is 0. The van der Waals surface area contributed by atoms with Gasteiger partial charge in [0.25, 0.3) is 5.91 Å². The maximum atomic E-state index is 12.4. The van der Waals surface area contributed by atoms with Crippen LogP contribution in [0.4, 0.5) is 5.69 Å². The monoisotopic (exact) mass is 351 g/mol. The average Bonchev–Trinajstić information content (AvgIpc) is 3.06. The number of fused-ring (bicyclic) bond motifs is 1. The van der Waals surface area contributed by atoms with Gasteiger partial charge in [0.2, 0.25) is 0 Å². The van der Waals surface area contributed by atoms with Gasteiger partial charge in [-0.2, -0.15) is 0 Å². The highest BCUT2D eigenvalue weighted by Crippen LogP contribution is 2.29. The van der Waals surface area contributed by atoms with E-state index in [9.17, 15) is 4.79 Å². The first-order valence-corrected chi connectivity index (χ1v) is 8.08. The lowest BCUT2D eigenvalue weighted by molar-refractivity contribution is 0.0864. The first-order valence-electron chi connectivity index (χ1n) is 8.08. The number of H-pyrrole nitrogens is 1. The van der Waals surface area contributed by atoms with Crippen LogP contribution in [0.1, 0.15) is 21.6 Å². The van der Waals surface area contributed by atoms with Gasteiger partial charge in [0.05, 0.1) is 5.52 Å². The van der Waals surface area contributed by atoms with Crippen molar-refractivity contribution in [1.82, 2.24) is 9.88 Å². The number of amides is 1. The van der Waals surface area contributed by atoms with Crippen LogP contribution in [-0.4, -0.2) is 28.8 Å². The lowest BCUT2D eigenvalue weighted by Crippen LogP contribution is -2.38. The molecule has 0 saturated carbocycles. The molecule has 0 aliphatic carbocycles. The Morgan fingerprint density at radius 1 is 1.27 bits per heavy atom. The van der Waals surface area contributed by atoms with Crippen molar-refractivity contribution < 1.29 is 9.53 Å². The number of benzene rings is 2. The van der Waals surface area contributed by atoms with Gasteiger partial charge in [0.1, 0.15) is 18.1 Å². The van der Waals surface area contributed by atoms with E-state index in [1.165, 1.54) is 7.05 Å². The summed E-state index contributed by atoms with van der Waals surface area (Å²) in [6, 6.07) is 13.0. The van der Waals surface area contributed by atoms with Crippen molar-refractivity contribution in [2.75, 3.05) is 12.8 Å². The van der Waals surface area contributed by atoms with Gasteiger partial charge >= 0.3 is 0 Å². The molecule has 6 N–H and O–H groups in total. The molecule has 0 spiro atoms. The van der Waals surface area contributed by atoms with Crippen LogP contribution in [0.5, 0.6) is 5.75 Å². The zero-order valence-corrected chi connectivity index (χ0v) is 14.7. The number of nitrogens with one attached hydrogen (secondary N) is 2. The number of aromatic amines is 1. The van der Waals surface area contributed by atoms with Crippen LogP contribution in [0.15, 0.2) is 42.5 Å². The van der Waals surface area contributed by atoms with Crippen LogP contribution in [0.2, 0.25) is 0 Å². The van der Waals surface area contributed by atoms with E-state index in [-0.39, 0.29) is 11.9 Å². The van der Waals surface area contributed by atoms with Crippen molar-refractivity contribution in [2.24, 2.45) is 5.73 Å². The number of hydrogen-bond acceptors (Lipinski definition) is 4. The minimum atomic E-state index is -0.380. The Morgan fingerprint density at radius 3 is 2.73 bits per heavy atom. The third-order valence-corrected chi connectivity index (χ3v) is 4.22. The third kappa shape index (κ3) is 3.32. The summed E-state index contributed by atoms with van der Waals surface area (Å²) in [5, 5.41) is 8.30. The Bertz CT molecular complexity index is 993. The number of hydrogen-bond donors (Lipinski definition) is 4. The second-order valence-corrected chi connectivity index (χ2v) is 6.14. The average molecular weight is 351 g/mol. The number of guanidine groups is 1. The highest BCUT2D eigenvalue weighted by Gasteiger charge is 2.18. The van der Waals surface area contributed by atoms with Crippen molar-refractivity contribution in [1.29, 1.82) is 5.41 Å². The van der Waals surface area contributed by atoms with Crippen molar-refractivity contribution in [3.05, 3.63) is 59.3 Å². The van der Waals surface area contributed by atoms with E-state index in [1.54, 1.807) is 6.07 Å². The highest BCUT2D eigenvalue weighted by atomic mass is 16.5. The maximum absolute atomic E-state index is 12.4. The summed E-state index contributed by atoms with van der Waals surface area (Å²) in [5.41, 5.74) is 14.9. The first-order chi connectivity index (χ1) is 12.4. The number of carbonyl (C=O) groups is 1. The molecule has 7 heteroatoms. The summed E-state index contributed by atoms with van der Waals surface area (Å²) < 4.78 is 5.94. The predicted molar refractivity (Wildman–Crippen MR) is 102 cm³/mol. The maximum Gasteiger partial charge on any atom is 0.276 e. The van der Waals surface area contributed by atoms with Crippen molar-refractivity contribution in [2.45, 2.75) is 13.5 Å². The number of carbonyl (C=O) groups excluding carboxylic acids is 1. The second-order valence-electron chi connectivity index (χ2n) is 6.14. The normalized spacial score (nSPS) is 10.7. The molecule has 0 fully saturated rings. The molecule has 3 aromatic rings. The van der Waals surface area contributed by atoms with Gasteiger partial charge < -0.3 is 21.2 Å². The molecule has 0 aliphatic heterocycles. The molecule has 1 heterocycles. The lowest BCUT2D eigenvalue weighted by atomic mass is 10.1. The molecule has 1 aromatic heterocycles. The first kappa shape index (κ1) is 17.3. The number of aryl methyl sites for hydroxylation is 1. The van der Waals surface area contributed by atoms with Crippen molar-refractivity contribution in [3.63, 3.8) is 0 Å². The van der Waals surface area contributed by atoms with Crippen LogP contribution < -0.4 is 16.2 Å². The number of nitrogens with two attached hydrogens (primary N) is 2. The molecular weight excluding hydrogens is 330 g/mol. The molecule has 0 aliphatic rings. The molecule has 0 saturated heterocycles. The van der Waals surface area contributed by atoms with E-state index in [1.807, 2.05) is 43.3 Å². The fourth-order valence-electron chi connectivity index (χ4n) is 2.70. The van der Waals surface area contributed by atoms with Crippen LogP contribution in [0.3, 0.4) is 0 Å². The third-order valence-electron chi connectivity index (χ3n) is 4.22. The van der Waals surface area contributed by atoms with Crippen LogP contribution >= 0.6 is 0 Å². The fraction of sp³-hybridized carbons (Fsp3) is 0.158. The zero-order chi connectivity index (χ0) is 18.8. The molecule has 26 heavy (non-hydrogen) atoms. The number of nitrogen functional groups attached to an aromatic ring is 1. The summed E-state index contributed by atoms with van der Waals surface area (Å²) in [4.78, 5) is 16.6. The van der Waals surface area contributed by atoms with Crippen molar-refractivity contribution in [3.8, 4) is 5.75 Å². The number of rotatable bonds is 4. The molecule has 2 aromatic carbocycles. The minimum absolute atomic E-state index is 0.316. The Balaban J connectivity index is 1.93. The van der Waals surface area contributed by atoms with Gasteiger partial charge in [-0.3, -0.25) is 15.1 Å². The van der Waals surface area contributed by atoms with Crippen LogP contribution in [0.25, 0.3) is 10.9 Å².